The Labute approximate surface area is 228 Å². The van der Waals surface area contributed by atoms with Crippen molar-refractivity contribution in [2.75, 3.05) is 36.4 Å². The summed E-state index contributed by atoms with van der Waals surface area (Å²) in [6.07, 6.45) is 0. The molecule has 1 saturated heterocycles. The van der Waals surface area contributed by atoms with Crippen LogP contribution >= 0.6 is 47.1 Å². The van der Waals surface area contributed by atoms with Gasteiger partial charge >= 0.3 is 0 Å². The van der Waals surface area contributed by atoms with Gasteiger partial charge in [-0.15, -0.1) is 0 Å². The van der Waals surface area contributed by atoms with E-state index in [0.717, 1.165) is 66.2 Å². The minimum Gasteiger partial charge on any atom is -0.368 e. The second-order valence-corrected chi connectivity index (χ2v) is 10.1. The highest BCUT2D eigenvalue weighted by molar-refractivity contribution is 7.80. The van der Waals surface area contributed by atoms with Gasteiger partial charge in [-0.05, 0) is 60.2 Å². The molecule has 1 aliphatic heterocycles. The molecule has 36 heavy (non-hydrogen) atoms. The van der Waals surface area contributed by atoms with Crippen molar-refractivity contribution in [3.8, 4) is 0 Å². The van der Waals surface area contributed by atoms with E-state index in [2.05, 4.69) is 35.2 Å². The number of hydrogen-bond donors (Lipinski definition) is 2. The lowest BCUT2D eigenvalue weighted by atomic mass is 10.2. The van der Waals surface area contributed by atoms with Crippen LogP contribution in [0, 0.1) is 0 Å². The summed E-state index contributed by atoms with van der Waals surface area (Å²) < 4.78 is 8.31. The van der Waals surface area contributed by atoms with E-state index in [-0.39, 0.29) is 11.0 Å². The van der Waals surface area contributed by atoms with Gasteiger partial charge in [0.15, 0.2) is 5.11 Å². The van der Waals surface area contributed by atoms with Gasteiger partial charge in [-0.1, -0.05) is 41.4 Å². The molecule has 0 radical (unpaired) electrons. The van der Waals surface area contributed by atoms with Gasteiger partial charge in [0.25, 0.3) is 5.91 Å². The van der Waals surface area contributed by atoms with Crippen LogP contribution in [0.25, 0.3) is 11.0 Å². The Morgan fingerprint density at radius 1 is 0.944 bits per heavy atom. The standard InChI is InChI=1S/C25H22Cl2N6OS2/c26-19-4-2-1-3-17(19)15-32-9-11-33(12-10-32)23-8-6-18(14-20(23)27)28-25(35)29-24(34)16-5-7-21-22(13-16)31-36-30-21/h1-8,13-14H,9-12,15H2,(H2,28,29,34,35). The largest absolute Gasteiger partial charge is 0.368 e. The molecule has 0 bridgehead atoms. The van der Waals surface area contributed by atoms with Gasteiger partial charge < -0.3 is 10.2 Å². The Morgan fingerprint density at radius 3 is 2.50 bits per heavy atom. The van der Waals surface area contributed by atoms with Gasteiger partial charge in [-0.25, -0.2) is 0 Å². The van der Waals surface area contributed by atoms with Gasteiger partial charge in [0, 0.05) is 49.0 Å². The highest BCUT2D eigenvalue weighted by Crippen LogP contribution is 2.30. The summed E-state index contributed by atoms with van der Waals surface area (Å²) in [4.78, 5) is 17.2. The number of piperazine rings is 1. The molecule has 0 unspecified atom stereocenters. The molecule has 2 heterocycles. The molecule has 11 heteroatoms. The number of hydrogen-bond acceptors (Lipinski definition) is 7. The van der Waals surface area contributed by atoms with Gasteiger partial charge in [0.2, 0.25) is 0 Å². The monoisotopic (exact) mass is 556 g/mol. The zero-order chi connectivity index (χ0) is 25.1. The molecular formula is C25H22Cl2N6OS2. The Bertz CT molecular complexity index is 1420. The van der Waals surface area contributed by atoms with E-state index in [9.17, 15) is 4.79 Å². The second kappa shape index (κ2) is 11.1. The highest BCUT2D eigenvalue weighted by atomic mass is 35.5. The third-order valence-electron chi connectivity index (χ3n) is 6.01. The number of anilines is 2. The van der Waals surface area contributed by atoms with Crippen molar-refractivity contribution < 1.29 is 4.79 Å². The number of nitrogens with one attached hydrogen (secondary N) is 2. The normalized spacial score (nSPS) is 14.1. The molecule has 1 aromatic heterocycles. The van der Waals surface area contributed by atoms with Crippen molar-refractivity contribution in [3.05, 3.63) is 81.8 Å². The van der Waals surface area contributed by atoms with Crippen LogP contribution in [-0.4, -0.2) is 50.8 Å². The van der Waals surface area contributed by atoms with Crippen molar-refractivity contribution in [3.63, 3.8) is 0 Å². The SMILES string of the molecule is O=C(NC(=S)Nc1ccc(N2CCN(Cc3ccccc3Cl)CC2)c(Cl)c1)c1ccc2nsnc2c1. The molecule has 1 fully saturated rings. The smallest absolute Gasteiger partial charge is 0.257 e. The number of carbonyl (C=O) groups excluding carboxylic acids is 1. The summed E-state index contributed by atoms with van der Waals surface area (Å²) in [6.45, 7) is 4.40. The fourth-order valence-corrected chi connectivity index (χ4v) is 5.34. The van der Waals surface area contributed by atoms with Crippen LogP contribution in [0.4, 0.5) is 11.4 Å². The number of nitrogens with zero attached hydrogens (tertiary/aromatic N) is 4. The molecule has 0 spiro atoms. The number of fused-ring (bicyclic) bond motifs is 1. The number of aromatic nitrogens is 2. The summed E-state index contributed by atoms with van der Waals surface area (Å²) in [5.41, 5.74) is 4.71. The fraction of sp³-hybridized carbons (Fsp3) is 0.200. The molecule has 1 amide bonds. The van der Waals surface area contributed by atoms with E-state index < -0.39 is 0 Å². The maximum atomic E-state index is 12.6. The van der Waals surface area contributed by atoms with E-state index in [1.54, 1.807) is 18.2 Å². The Hall–Kier alpha value is -2.82. The lowest BCUT2D eigenvalue weighted by Crippen LogP contribution is -2.46. The van der Waals surface area contributed by atoms with Crippen LogP contribution in [0.2, 0.25) is 10.0 Å². The Morgan fingerprint density at radius 2 is 1.72 bits per heavy atom. The first-order chi connectivity index (χ1) is 17.5. The number of carbonyl (C=O) groups is 1. The van der Waals surface area contributed by atoms with Gasteiger partial charge in [-0.2, -0.15) is 8.75 Å². The van der Waals surface area contributed by atoms with Crippen molar-refractivity contribution in [1.29, 1.82) is 0 Å². The summed E-state index contributed by atoms with van der Waals surface area (Å²) in [6, 6.07) is 18.8. The van der Waals surface area contributed by atoms with Crippen LogP contribution in [0.15, 0.2) is 60.7 Å². The number of thiocarbonyl (C=S) groups is 1. The first kappa shape index (κ1) is 24.9. The summed E-state index contributed by atoms with van der Waals surface area (Å²) in [5, 5.41) is 7.34. The molecule has 5 rings (SSSR count). The van der Waals surface area contributed by atoms with Crippen LogP contribution in [0.1, 0.15) is 15.9 Å². The summed E-state index contributed by atoms with van der Waals surface area (Å²) in [7, 11) is 0. The maximum absolute atomic E-state index is 12.6. The van der Waals surface area contributed by atoms with E-state index in [1.807, 2.05) is 36.4 Å². The minimum absolute atomic E-state index is 0.188. The third-order valence-corrected chi connectivity index (χ3v) is 7.45. The molecular weight excluding hydrogens is 535 g/mol. The topological polar surface area (TPSA) is 73.4 Å². The van der Waals surface area contributed by atoms with Crippen LogP contribution in [-0.2, 0) is 6.54 Å². The van der Waals surface area contributed by atoms with Gasteiger partial charge in [0.05, 0.1) is 22.4 Å². The average Bonchev–Trinajstić information content (AvgIpc) is 3.34. The lowest BCUT2D eigenvalue weighted by molar-refractivity contribution is 0.0978. The number of benzene rings is 3. The molecule has 1 aliphatic rings. The molecule has 3 aromatic carbocycles. The Balaban J connectivity index is 1.15. The second-order valence-electron chi connectivity index (χ2n) is 8.40. The van der Waals surface area contributed by atoms with Crippen molar-refractivity contribution in [2.24, 2.45) is 0 Å². The van der Waals surface area contributed by atoms with Crippen LogP contribution in [0.3, 0.4) is 0 Å². The van der Waals surface area contributed by atoms with Crippen molar-refractivity contribution in [1.82, 2.24) is 19.0 Å². The summed E-state index contributed by atoms with van der Waals surface area (Å²) in [5.74, 6) is -0.320. The molecule has 7 nitrogen and oxygen atoms in total. The van der Waals surface area contributed by atoms with E-state index in [4.69, 9.17) is 35.4 Å². The Kier molecular flexibility index (Phi) is 7.64. The highest BCUT2D eigenvalue weighted by Gasteiger charge is 2.20. The van der Waals surface area contributed by atoms with Gasteiger partial charge in [0.1, 0.15) is 11.0 Å². The van der Waals surface area contributed by atoms with Gasteiger partial charge in [-0.3, -0.25) is 15.0 Å². The molecule has 0 aliphatic carbocycles. The first-order valence-corrected chi connectivity index (χ1v) is 13.2. The number of halogens is 2. The quantitative estimate of drug-likeness (QED) is 0.317. The van der Waals surface area contributed by atoms with Crippen molar-refractivity contribution >= 4 is 80.6 Å². The molecule has 0 saturated carbocycles. The van der Waals surface area contributed by atoms with E-state index in [1.165, 1.54) is 0 Å². The predicted molar refractivity (Wildman–Crippen MR) is 151 cm³/mol. The zero-order valence-corrected chi connectivity index (χ0v) is 22.2. The summed E-state index contributed by atoms with van der Waals surface area (Å²) >= 11 is 19.4. The molecule has 2 N–H and O–H groups in total. The van der Waals surface area contributed by atoms with E-state index >= 15 is 0 Å². The zero-order valence-electron chi connectivity index (χ0n) is 19.1. The minimum atomic E-state index is -0.320. The predicted octanol–water partition coefficient (Wildman–Crippen LogP) is 5.45. The fourth-order valence-electron chi connectivity index (χ4n) is 4.12. The third kappa shape index (κ3) is 5.77. The van der Waals surface area contributed by atoms with Crippen LogP contribution < -0.4 is 15.5 Å². The first-order valence-electron chi connectivity index (χ1n) is 11.3. The molecule has 184 valence electrons. The molecule has 4 aromatic rings. The maximum Gasteiger partial charge on any atom is 0.257 e. The number of amides is 1. The van der Waals surface area contributed by atoms with E-state index in [0.29, 0.717) is 21.8 Å². The lowest BCUT2D eigenvalue weighted by Gasteiger charge is -2.36. The van der Waals surface area contributed by atoms with Crippen LogP contribution in [0.5, 0.6) is 0 Å². The average molecular weight is 558 g/mol. The number of rotatable bonds is 5. The molecule has 0 atom stereocenters. The van der Waals surface area contributed by atoms with Crippen molar-refractivity contribution in [2.45, 2.75) is 6.54 Å².